The van der Waals surface area contributed by atoms with E-state index in [-0.39, 0.29) is 0 Å². The van der Waals surface area contributed by atoms with Crippen LogP contribution in [-0.2, 0) is 11.1 Å². The predicted molar refractivity (Wildman–Crippen MR) is 88.7 cm³/mol. The Morgan fingerprint density at radius 3 is 1.20 bits per heavy atom. The highest BCUT2D eigenvalue weighted by molar-refractivity contribution is 7.79. The Hall–Kier alpha value is 0.110. The van der Waals surface area contributed by atoms with Crippen molar-refractivity contribution in [2.45, 2.75) is 103 Å². The molecule has 0 aromatic rings. The summed E-state index contributed by atoms with van der Waals surface area (Å²) in [7, 11) is 0. The van der Waals surface area contributed by atoms with Crippen LogP contribution in [0.5, 0.6) is 0 Å². The molecule has 1 atom stereocenters. The number of rotatable bonds is 16. The van der Waals surface area contributed by atoms with Gasteiger partial charge in [0.2, 0.25) is 0 Å². The summed E-state index contributed by atoms with van der Waals surface area (Å²) in [6.45, 7) is 2.27. The van der Waals surface area contributed by atoms with Gasteiger partial charge >= 0.3 is 0 Å². The second-order valence-corrected chi connectivity index (χ2v) is 6.97. The van der Waals surface area contributed by atoms with Gasteiger partial charge < -0.3 is 4.55 Å². The van der Waals surface area contributed by atoms with E-state index in [2.05, 4.69) is 6.92 Å². The Morgan fingerprint density at radius 1 is 0.600 bits per heavy atom. The Kier molecular flexibility index (Phi) is 17.3. The van der Waals surface area contributed by atoms with Crippen molar-refractivity contribution in [3.05, 3.63) is 0 Å². The van der Waals surface area contributed by atoms with Crippen LogP contribution in [-0.4, -0.2) is 14.5 Å². The van der Waals surface area contributed by atoms with Crippen molar-refractivity contribution in [1.29, 1.82) is 0 Å². The predicted octanol–water partition coefficient (Wildman–Crippen LogP) is 5.74. The van der Waals surface area contributed by atoms with E-state index in [1.165, 1.54) is 83.5 Å². The van der Waals surface area contributed by atoms with E-state index in [4.69, 9.17) is 0 Å². The number of hydrogen-bond acceptors (Lipinski definition) is 2. The molecule has 0 amide bonds. The maximum Gasteiger partial charge on any atom is 0.0102 e. The summed E-state index contributed by atoms with van der Waals surface area (Å²) in [5.74, 6) is 0.345. The van der Waals surface area contributed by atoms with Gasteiger partial charge in [0.05, 0.1) is 0 Å². The first-order valence-electron chi connectivity index (χ1n) is 8.83. The molecular formula is C17H35O2S-. The van der Waals surface area contributed by atoms with Crippen molar-refractivity contribution < 1.29 is 8.76 Å². The SMILES string of the molecule is CCCCCCCCCCCCCCCCCS(=O)[O-]. The Bertz CT molecular complexity index is 207. The second kappa shape index (κ2) is 17.2. The third-order valence-electron chi connectivity index (χ3n) is 3.91. The lowest BCUT2D eigenvalue weighted by atomic mass is 10.0. The summed E-state index contributed by atoms with van der Waals surface area (Å²) in [6, 6.07) is 0. The van der Waals surface area contributed by atoms with Crippen LogP contribution < -0.4 is 0 Å². The van der Waals surface area contributed by atoms with Crippen LogP contribution in [0.4, 0.5) is 0 Å². The molecular weight excluding hydrogens is 268 g/mol. The van der Waals surface area contributed by atoms with Crippen molar-refractivity contribution in [2.24, 2.45) is 0 Å². The molecule has 0 aliphatic carbocycles. The Morgan fingerprint density at radius 2 is 0.900 bits per heavy atom. The zero-order valence-corrected chi connectivity index (χ0v) is 14.4. The fraction of sp³-hybridized carbons (Fsp3) is 1.00. The molecule has 20 heavy (non-hydrogen) atoms. The summed E-state index contributed by atoms with van der Waals surface area (Å²) in [4.78, 5) is 0. The van der Waals surface area contributed by atoms with Crippen LogP contribution in [0.15, 0.2) is 0 Å². The first-order valence-corrected chi connectivity index (χ1v) is 10.1. The van der Waals surface area contributed by atoms with Gasteiger partial charge in [0.1, 0.15) is 0 Å². The highest BCUT2D eigenvalue weighted by atomic mass is 32.2. The average Bonchev–Trinajstić information content (AvgIpc) is 2.43. The maximum absolute atomic E-state index is 10.3. The minimum atomic E-state index is -1.83. The molecule has 0 bridgehead atoms. The minimum Gasteiger partial charge on any atom is -0.772 e. The lowest BCUT2D eigenvalue weighted by Gasteiger charge is -2.05. The van der Waals surface area contributed by atoms with Gasteiger partial charge in [0.15, 0.2) is 0 Å². The van der Waals surface area contributed by atoms with Gasteiger partial charge in [-0.2, -0.15) is 0 Å². The smallest absolute Gasteiger partial charge is 0.0102 e. The molecule has 1 unspecified atom stereocenters. The topological polar surface area (TPSA) is 40.1 Å². The van der Waals surface area contributed by atoms with Gasteiger partial charge in [-0.05, 0) is 6.42 Å². The first kappa shape index (κ1) is 20.1. The first-order chi connectivity index (χ1) is 9.77. The normalized spacial score (nSPS) is 12.7. The molecule has 0 aliphatic heterocycles. The number of hydrogen-bond donors (Lipinski definition) is 0. The van der Waals surface area contributed by atoms with E-state index in [0.29, 0.717) is 5.75 Å². The zero-order valence-electron chi connectivity index (χ0n) is 13.5. The third-order valence-corrected chi connectivity index (χ3v) is 4.54. The molecule has 0 heterocycles. The van der Waals surface area contributed by atoms with Gasteiger partial charge in [0.25, 0.3) is 0 Å². The largest absolute Gasteiger partial charge is 0.772 e. The van der Waals surface area contributed by atoms with E-state index in [0.717, 1.165) is 12.8 Å². The van der Waals surface area contributed by atoms with Crippen LogP contribution in [0, 0.1) is 0 Å². The van der Waals surface area contributed by atoms with Crippen LogP contribution in [0.25, 0.3) is 0 Å². The molecule has 0 aromatic carbocycles. The van der Waals surface area contributed by atoms with Gasteiger partial charge in [-0.15, -0.1) is 0 Å². The van der Waals surface area contributed by atoms with Gasteiger partial charge in [-0.3, -0.25) is 4.21 Å². The quantitative estimate of drug-likeness (QED) is 0.269. The molecule has 3 heteroatoms. The van der Waals surface area contributed by atoms with Crippen LogP contribution >= 0.6 is 0 Å². The van der Waals surface area contributed by atoms with Crippen LogP contribution in [0.1, 0.15) is 103 Å². The summed E-state index contributed by atoms with van der Waals surface area (Å²) in [5.41, 5.74) is 0. The van der Waals surface area contributed by atoms with Crippen molar-refractivity contribution in [1.82, 2.24) is 0 Å². The summed E-state index contributed by atoms with van der Waals surface area (Å²) >= 11 is -1.83. The molecule has 0 aliphatic rings. The van der Waals surface area contributed by atoms with E-state index in [1.54, 1.807) is 0 Å². The Labute approximate surface area is 129 Å². The van der Waals surface area contributed by atoms with E-state index < -0.39 is 11.1 Å². The molecule has 2 nitrogen and oxygen atoms in total. The molecule has 0 saturated carbocycles. The molecule has 0 rings (SSSR count). The molecule has 0 radical (unpaired) electrons. The maximum atomic E-state index is 10.3. The summed E-state index contributed by atoms with van der Waals surface area (Å²) in [6.07, 6.45) is 19.8. The molecule has 0 fully saturated rings. The van der Waals surface area contributed by atoms with E-state index >= 15 is 0 Å². The molecule has 122 valence electrons. The monoisotopic (exact) mass is 303 g/mol. The minimum absolute atomic E-state index is 0.345. The van der Waals surface area contributed by atoms with Crippen LogP contribution in [0.2, 0.25) is 0 Å². The molecule has 0 saturated heterocycles. The standard InChI is InChI=1S/C17H36O2S/c1-2-3-4-5-6-7-8-9-10-11-12-13-14-15-16-17-20(18)19/h2-17H2,1H3,(H,18,19)/p-1. The van der Waals surface area contributed by atoms with E-state index in [9.17, 15) is 8.76 Å². The Balaban J connectivity index is 2.94. The summed E-state index contributed by atoms with van der Waals surface area (Å²) < 4.78 is 20.7. The third kappa shape index (κ3) is 18.1. The fourth-order valence-corrected chi connectivity index (χ4v) is 3.03. The average molecular weight is 304 g/mol. The van der Waals surface area contributed by atoms with Gasteiger partial charge in [-0.1, -0.05) is 108 Å². The van der Waals surface area contributed by atoms with Crippen molar-refractivity contribution in [3.63, 3.8) is 0 Å². The van der Waals surface area contributed by atoms with Crippen molar-refractivity contribution in [3.8, 4) is 0 Å². The summed E-state index contributed by atoms with van der Waals surface area (Å²) in [5, 5.41) is 0. The van der Waals surface area contributed by atoms with E-state index in [1.807, 2.05) is 0 Å². The highest BCUT2D eigenvalue weighted by Gasteiger charge is 1.94. The number of unbranched alkanes of at least 4 members (excludes halogenated alkanes) is 14. The zero-order chi connectivity index (χ0) is 14.9. The fourth-order valence-electron chi connectivity index (χ4n) is 2.59. The van der Waals surface area contributed by atoms with Gasteiger partial charge in [0, 0.05) is 5.75 Å². The van der Waals surface area contributed by atoms with Gasteiger partial charge in [-0.25, -0.2) is 0 Å². The van der Waals surface area contributed by atoms with Crippen LogP contribution in [0.3, 0.4) is 0 Å². The molecule has 0 aromatic heterocycles. The highest BCUT2D eigenvalue weighted by Crippen LogP contribution is 2.13. The molecule has 0 N–H and O–H groups in total. The molecule has 0 spiro atoms. The lowest BCUT2D eigenvalue weighted by Crippen LogP contribution is -1.94. The second-order valence-electron chi connectivity index (χ2n) is 5.96. The van der Waals surface area contributed by atoms with Crippen molar-refractivity contribution >= 4 is 11.1 Å². The lowest BCUT2D eigenvalue weighted by molar-refractivity contribution is 0.525. The van der Waals surface area contributed by atoms with Crippen molar-refractivity contribution in [2.75, 3.05) is 5.75 Å².